The Hall–Kier alpha value is -1.41. The maximum absolute atomic E-state index is 12.4. The van der Waals surface area contributed by atoms with Crippen LogP contribution in [-0.4, -0.2) is 50.5 Å². The summed E-state index contributed by atoms with van der Waals surface area (Å²) in [6, 6.07) is 0.0346. The number of hydrogen-bond donors (Lipinski definition) is 0. The van der Waals surface area contributed by atoms with Gasteiger partial charge in [-0.15, -0.1) is 0 Å². The Labute approximate surface area is 130 Å². The number of likely N-dealkylation sites (tertiary alicyclic amines) is 1. The molecule has 1 fully saturated rings. The van der Waals surface area contributed by atoms with Gasteiger partial charge < -0.3 is 0 Å². The normalized spacial score (nSPS) is 18.2. The van der Waals surface area contributed by atoms with Crippen LogP contribution in [0.4, 0.5) is 13.2 Å². The number of alkyl halides is 3. The molecule has 2 aromatic rings. The minimum Gasteiger partial charge on any atom is -0.295 e. The summed E-state index contributed by atoms with van der Waals surface area (Å²) in [6.07, 6.45) is -1.26. The maximum Gasteiger partial charge on any atom is 0.401 e. The molecule has 22 heavy (non-hydrogen) atoms. The standard InChI is InChI=1S/C13H15ClF3N5/c1-8-10-6-18-22(11(10)20-12(14)19-8)9-2-4-21(5-3-9)7-13(15,16)17/h6,9H,2-5,7H2,1H3. The molecule has 0 spiro atoms. The van der Waals surface area contributed by atoms with Gasteiger partial charge in [0.05, 0.1) is 29.9 Å². The maximum atomic E-state index is 12.4. The van der Waals surface area contributed by atoms with Gasteiger partial charge in [-0.05, 0) is 31.4 Å². The minimum absolute atomic E-state index is 0.0346. The predicted molar refractivity (Wildman–Crippen MR) is 75.8 cm³/mol. The molecule has 2 aromatic heterocycles. The zero-order valence-corrected chi connectivity index (χ0v) is 12.7. The molecule has 1 aliphatic rings. The molecule has 5 nitrogen and oxygen atoms in total. The number of nitrogens with zero attached hydrogens (tertiary/aromatic N) is 5. The molecule has 3 rings (SSSR count). The molecule has 3 heterocycles. The van der Waals surface area contributed by atoms with Crippen molar-refractivity contribution in [1.82, 2.24) is 24.6 Å². The van der Waals surface area contributed by atoms with E-state index in [2.05, 4.69) is 15.1 Å². The average Bonchev–Trinajstić information content (AvgIpc) is 2.82. The molecule has 0 N–H and O–H groups in total. The highest BCUT2D eigenvalue weighted by molar-refractivity contribution is 6.28. The first kappa shape index (κ1) is 15.5. The molecule has 0 atom stereocenters. The third kappa shape index (κ3) is 3.17. The van der Waals surface area contributed by atoms with Crippen LogP contribution in [0.5, 0.6) is 0 Å². The third-order valence-corrected chi connectivity index (χ3v) is 4.09. The van der Waals surface area contributed by atoms with E-state index in [1.165, 1.54) is 4.90 Å². The van der Waals surface area contributed by atoms with Crippen LogP contribution in [0, 0.1) is 6.92 Å². The number of rotatable bonds is 2. The van der Waals surface area contributed by atoms with Gasteiger partial charge in [0.1, 0.15) is 0 Å². The van der Waals surface area contributed by atoms with Gasteiger partial charge in [-0.3, -0.25) is 4.90 Å². The van der Waals surface area contributed by atoms with Gasteiger partial charge in [0.25, 0.3) is 0 Å². The first-order valence-electron chi connectivity index (χ1n) is 7.00. The summed E-state index contributed by atoms with van der Waals surface area (Å²) in [5.41, 5.74) is 1.39. The molecule has 1 aliphatic heterocycles. The lowest BCUT2D eigenvalue weighted by Gasteiger charge is -2.32. The summed E-state index contributed by atoms with van der Waals surface area (Å²) in [6.45, 7) is 1.76. The van der Waals surface area contributed by atoms with Gasteiger partial charge in [0, 0.05) is 13.1 Å². The van der Waals surface area contributed by atoms with Crippen molar-refractivity contribution in [2.24, 2.45) is 0 Å². The number of halogens is 4. The molecule has 0 unspecified atom stereocenters. The SMILES string of the molecule is Cc1nc(Cl)nc2c1cnn2C1CCN(CC(F)(F)F)CC1. The van der Waals surface area contributed by atoms with Crippen LogP contribution in [0.1, 0.15) is 24.6 Å². The van der Waals surface area contributed by atoms with Crippen LogP contribution in [0.15, 0.2) is 6.20 Å². The zero-order valence-electron chi connectivity index (χ0n) is 11.9. The first-order valence-corrected chi connectivity index (χ1v) is 7.38. The Bertz CT molecular complexity index is 676. The molecule has 120 valence electrons. The van der Waals surface area contributed by atoms with E-state index in [0.29, 0.717) is 31.6 Å². The van der Waals surface area contributed by atoms with Crippen molar-refractivity contribution in [3.8, 4) is 0 Å². The van der Waals surface area contributed by atoms with Gasteiger partial charge in [0.2, 0.25) is 5.28 Å². The van der Waals surface area contributed by atoms with Gasteiger partial charge in [-0.25, -0.2) is 9.67 Å². The second kappa shape index (κ2) is 5.66. The summed E-state index contributed by atoms with van der Waals surface area (Å²) in [4.78, 5) is 9.72. The van der Waals surface area contributed by atoms with E-state index < -0.39 is 12.7 Å². The lowest BCUT2D eigenvalue weighted by molar-refractivity contribution is -0.148. The quantitative estimate of drug-likeness (QED) is 0.793. The van der Waals surface area contributed by atoms with Crippen molar-refractivity contribution in [3.63, 3.8) is 0 Å². The van der Waals surface area contributed by atoms with E-state index in [0.717, 1.165) is 11.1 Å². The molecule has 0 saturated carbocycles. The van der Waals surface area contributed by atoms with Crippen molar-refractivity contribution in [3.05, 3.63) is 17.2 Å². The highest BCUT2D eigenvalue weighted by atomic mass is 35.5. The molecule has 1 saturated heterocycles. The Morgan fingerprint density at radius 3 is 2.59 bits per heavy atom. The molecule has 0 bridgehead atoms. The summed E-state index contributed by atoms with van der Waals surface area (Å²) in [5, 5.41) is 5.31. The molecular weight excluding hydrogens is 319 g/mol. The van der Waals surface area contributed by atoms with Crippen LogP contribution >= 0.6 is 11.6 Å². The van der Waals surface area contributed by atoms with E-state index in [-0.39, 0.29) is 11.3 Å². The molecule has 0 aliphatic carbocycles. The van der Waals surface area contributed by atoms with E-state index in [1.807, 2.05) is 6.92 Å². The van der Waals surface area contributed by atoms with Crippen molar-refractivity contribution >= 4 is 22.6 Å². The van der Waals surface area contributed by atoms with E-state index >= 15 is 0 Å². The second-order valence-corrected chi connectivity index (χ2v) is 5.87. The highest BCUT2D eigenvalue weighted by Crippen LogP contribution is 2.28. The van der Waals surface area contributed by atoms with Crippen LogP contribution < -0.4 is 0 Å². The largest absolute Gasteiger partial charge is 0.401 e. The zero-order chi connectivity index (χ0) is 15.9. The fourth-order valence-corrected chi connectivity index (χ4v) is 3.08. The summed E-state index contributed by atoms with van der Waals surface area (Å²) in [5.74, 6) is 0. The summed E-state index contributed by atoms with van der Waals surface area (Å²) >= 11 is 5.89. The van der Waals surface area contributed by atoms with Gasteiger partial charge in [0.15, 0.2) is 5.65 Å². The van der Waals surface area contributed by atoms with Crippen molar-refractivity contribution in [2.45, 2.75) is 32.0 Å². The molecule has 9 heteroatoms. The van der Waals surface area contributed by atoms with Crippen LogP contribution in [0.2, 0.25) is 5.28 Å². The van der Waals surface area contributed by atoms with Gasteiger partial charge >= 0.3 is 6.18 Å². The number of piperidine rings is 1. The number of fused-ring (bicyclic) bond motifs is 1. The van der Waals surface area contributed by atoms with Crippen LogP contribution in [0.3, 0.4) is 0 Å². The van der Waals surface area contributed by atoms with Gasteiger partial charge in [-0.2, -0.15) is 23.3 Å². The first-order chi connectivity index (χ1) is 10.3. The van der Waals surface area contributed by atoms with E-state index in [4.69, 9.17) is 11.6 Å². The fourth-order valence-electron chi connectivity index (χ4n) is 2.88. The Balaban J connectivity index is 1.77. The van der Waals surface area contributed by atoms with Crippen molar-refractivity contribution < 1.29 is 13.2 Å². The number of aryl methyl sites for hydroxylation is 1. The topological polar surface area (TPSA) is 46.8 Å². The fraction of sp³-hybridized carbons (Fsp3) is 0.615. The summed E-state index contributed by atoms with van der Waals surface area (Å²) < 4.78 is 39.0. The average molecular weight is 334 g/mol. The number of hydrogen-bond acceptors (Lipinski definition) is 4. The number of aromatic nitrogens is 4. The smallest absolute Gasteiger partial charge is 0.295 e. The Kier molecular flexibility index (Phi) is 3.98. The Morgan fingerprint density at radius 1 is 1.27 bits per heavy atom. The van der Waals surface area contributed by atoms with Crippen molar-refractivity contribution in [1.29, 1.82) is 0 Å². The highest BCUT2D eigenvalue weighted by Gasteiger charge is 2.33. The van der Waals surface area contributed by atoms with E-state index in [1.54, 1.807) is 10.9 Å². The Morgan fingerprint density at radius 2 is 1.95 bits per heavy atom. The van der Waals surface area contributed by atoms with Crippen molar-refractivity contribution in [2.75, 3.05) is 19.6 Å². The monoisotopic (exact) mass is 333 g/mol. The second-order valence-electron chi connectivity index (χ2n) is 5.53. The summed E-state index contributed by atoms with van der Waals surface area (Å²) in [7, 11) is 0. The molecular formula is C13H15ClF3N5. The lowest BCUT2D eigenvalue weighted by Crippen LogP contribution is -2.40. The lowest BCUT2D eigenvalue weighted by atomic mass is 10.1. The molecule has 0 radical (unpaired) electrons. The third-order valence-electron chi connectivity index (χ3n) is 3.92. The van der Waals surface area contributed by atoms with Gasteiger partial charge in [-0.1, -0.05) is 0 Å². The molecule has 0 amide bonds. The van der Waals surface area contributed by atoms with E-state index in [9.17, 15) is 13.2 Å². The predicted octanol–water partition coefficient (Wildman–Crippen LogP) is 2.99. The van der Waals surface area contributed by atoms with Crippen LogP contribution in [0.25, 0.3) is 11.0 Å². The van der Waals surface area contributed by atoms with Crippen LogP contribution in [-0.2, 0) is 0 Å². The minimum atomic E-state index is -4.15. The molecule has 0 aromatic carbocycles.